The zero-order chi connectivity index (χ0) is 22.5. The van der Waals surface area contributed by atoms with Gasteiger partial charge in [-0.2, -0.15) is 4.80 Å². The molecule has 11 nitrogen and oxygen atoms in total. The van der Waals surface area contributed by atoms with Gasteiger partial charge in [0.1, 0.15) is 18.3 Å². The Morgan fingerprint density at radius 3 is 2.68 bits per heavy atom. The molecule has 0 aliphatic heterocycles. The molecule has 0 unspecified atom stereocenters. The Bertz CT molecular complexity index is 1190. The number of tetrazole rings is 1. The molecule has 2 heterocycles. The SMILES string of the molecule is Cn1c(=O)c(C(=O)NCCF)cn(Cc2nnn(C[C@H](O)c3ccc(Cl)cc3)n2)c1=O. The molecule has 0 fully saturated rings. The van der Waals surface area contributed by atoms with Gasteiger partial charge in [0.15, 0.2) is 5.82 Å². The Morgan fingerprint density at radius 2 is 2.00 bits per heavy atom. The molecule has 0 bridgehead atoms. The molecule has 3 aromatic rings. The lowest BCUT2D eigenvalue weighted by Gasteiger charge is -2.10. The predicted octanol–water partition coefficient (Wildman–Crippen LogP) is -0.332. The average Bonchev–Trinajstić information content (AvgIpc) is 3.19. The zero-order valence-corrected chi connectivity index (χ0v) is 17.2. The summed E-state index contributed by atoms with van der Waals surface area (Å²) in [7, 11) is 1.22. The van der Waals surface area contributed by atoms with Crippen LogP contribution in [0.2, 0.25) is 5.02 Å². The molecule has 1 aromatic carbocycles. The molecule has 1 atom stereocenters. The lowest BCUT2D eigenvalue weighted by molar-refractivity contribution is 0.0947. The number of alkyl halides is 1. The van der Waals surface area contributed by atoms with Gasteiger partial charge in [-0.25, -0.2) is 9.18 Å². The van der Waals surface area contributed by atoms with E-state index >= 15 is 0 Å². The second-order valence-electron chi connectivity index (χ2n) is 6.59. The molecule has 0 radical (unpaired) electrons. The first kappa shape index (κ1) is 22.3. The van der Waals surface area contributed by atoms with Gasteiger partial charge in [0.05, 0.1) is 13.1 Å². The maximum Gasteiger partial charge on any atom is 0.331 e. The standard InChI is InChI=1S/C18H19ClFN7O4/c1-25-17(30)13(16(29)21-7-6-20)8-26(18(25)31)10-15-22-24-27(23-15)9-14(28)11-2-4-12(19)5-3-11/h2-5,8,14,28H,6-7,9-10H2,1H3,(H,21,29)/t14-/m0/s1. The Hall–Kier alpha value is -3.38. The fourth-order valence-corrected chi connectivity index (χ4v) is 2.89. The average molecular weight is 452 g/mol. The molecule has 2 N–H and O–H groups in total. The van der Waals surface area contributed by atoms with Crippen LogP contribution in [0.3, 0.4) is 0 Å². The fraction of sp³-hybridized carbons (Fsp3) is 0.333. The number of hydrogen-bond acceptors (Lipinski definition) is 7. The number of carbonyl (C=O) groups excluding carboxylic acids is 1. The number of aliphatic hydroxyl groups is 1. The van der Waals surface area contributed by atoms with Gasteiger partial charge >= 0.3 is 5.69 Å². The van der Waals surface area contributed by atoms with Crippen LogP contribution >= 0.6 is 11.6 Å². The lowest BCUT2D eigenvalue weighted by atomic mass is 10.1. The van der Waals surface area contributed by atoms with Crippen LogP contribution in [0.4, 0.5) is 4.39 Å². The third kappa shape index (κ3) is 5.22. The van der Waals surface area contributed by atoms with Crippen molar-refractivity contribution in [3.63, 3.8) is 0 Å². The molecule has 0 saturated carbocycles. The summed E-state index contributed by atoms with van der Waals surface area (Å²) >= 11 is 5.83. The molecular weight excluding hydrogens is 433 g/mol. The van der Waals surface area contributed by atoms with Crippen LogP contribution < -0.4 is 16.6 Å². The normalized spacial score (nSPS) is 12.0. The van der Waals surface area contributed by atoms with E-state index in [0.717, 1.165) is 20.1 Å². The van der Waals surface area contributed by atoms with Gasteiger partial charge in [0.2, 0.25) is 0 Å². The number of amides is 1. The van der Waals surface area contributed by atoms with Crippen molar-refractivity contribution >= 4 is 17.5 Å². The largest absolute Gasteiger partial charge is 0.386 e. The van der Waals surface area contributed by atoms with Crippen molar-refractivity contribution in [3.8, 4) is 0 Å². The number of halogens is 2. The first-order valence-corrected chi connectivity index (χ1v) is 9.52. The van der Waals surface area contributed by atoms with Crippen molar-refractivity contribution in [2.24, 2.45) is 7.05 Å². The lowest BCUT2D eigenvalue weighted by Crippen LogP contribution is -2.43. The van der Waals surface area contributed by atoms with Gasteiger partial charge in [-0.15, -0.1) is 10.2 Å². The van der Waals surface area contributed by atoms with E-state index in [1.807, 2.05) is 0 Å². The molecule has 0 aliphatic rings. The van der Waals surface area contributed by atoms with Crippen molar-refractivity contribution in [1.29, 1.82) is 0 Å². The highest BCUT2D eigenvalue weighted by atomic mass is 35.5. The van der Waals surface area contributed by atoms with E-state index in [9.17, 15) is 23.9 Å². The third-order valence-corrected chi connectivity index (χ3v) is 4.63. The predicted molar refractivity (Wildman–Crippen MR) is 108 cm³/mol. The highest BCUT2D eigenvalue weighted by Gasteiger charge is 2.17. The minimum Gasteiger partial charge on any atom is -0.386 e. The first-order chi connectivity index (χ1) is 14.8. The highest BCUT2D eigenvalue weighted by Crippen LogP contribution is 2.17. The quantitative estimate of drug-likeness (QED) is 0.478. The van der Waals surface area contributed by atoms with Crippen molar-refractivity contribution in [3.05, 3.63) is 73.3 Å². The van der Waals surface area contributed by atoms with Gasteiger partial charge in [-0.05, 0) is 22.9 Å². The molecule has 164 valence electrons. The molecule has 31 heavy (non-hydrogen) atoms. The molecule has 3 rings (SSSR count). The number of carbonyl (C=O) groups is 1. The summed E-state index contributed by atoms with van der Waals surface area (Å²) in [5.74, 6) is -0.672. The number of hydrogen-bond donors (Lipinski definition) is 2. The molecular formula is C18H19ClFN7O4. The summed E-state index contributed by atoms with van der Waals surface area (Å²) in [5.41, 5.74) is -1.20. The Morgan fingerprint density at radius 1 is 1.29 bits per heavy atom. The topological polar surface area (TPSA) is 137 Å². The Labute approximate surface area is 179 Å². The van der Waals surface area contributed by atoms with E-state index in [1.165, 1.54) is 7.05 Å². The summed E-state index contributed by atoms with van der Waals surface area (Å²) in [6.45, 7) is -1.21. The molecule has 0 spiro atoms. The molecule has 1 amide bonds. The maximum atomic E-state index is 12.4. The summed E-state index contributed by atoms with van der Waals surface area (Å²) in [6, 6.07) is 6.64. The van der Waals surface area contributed by atoms with E-state index < -0.39 is 29.9 Å². The van der Waals surface area contributed by atoms with Gasteiger partial charge in [0, 0.05) is 24.8 Å². The first-order valence-electron chi connectivity index (χ1n) is 9.15. The van der Waals surface area contributed by atoms with Gasteiger partial charge < -0.3 is 10.4 Å². The van der Waals surface area contributed by atoms with Gasteiger partial charge in [-0.3, -0.25) is 18.7 Å². The molecule has 0 aliphatic carbocycles. The number of nitrogens with zero attached hydrogens (tertiary/aromatic N) is 6. The number of aromatic nitrogens is 6. The molecule has 13 heteroatoms. The number of rotatable bonds is 8. The Balaban J connectivity index is 1.78. The summed E-state index contributed by atoms with van der Waals surface area (Å²) in [5, 5.41) is 24.9. The summed E-state index contributed by atoms with van der Waals surface area (Å²) in [4.78, 5) is 37.8. The maximum absolute atomic E-state index is 12.4. The fourth-order valence-electron chi connectivity index (χ4n) is 2.77. The second kappa shape index (κ2) is 9.62. The number of benzene rings is 1. The minimum atomic E-state index is -0.912. The van der Waals surface area contributed by atoms with Crippen LogP contribution in [-0.4, -0.2) is 53.6 Å². The van der Waals surface area contributed by atoms with Crippen LogP contribution in [0.15, 0.2) is 40.1 Å². The van der Waals surface area contributed by atoms with E-state index in [2.05, 4.69) is 20.7 Å². The van der Waals surface area contributed by atoms with Crippen LogP contribution in [0, 0.1) is 0 Å². The van der Waals surface area contributed by atoms with Gasteiger partial charge in [-0.1, -0.05) is 23.7 Å². The van der Waals surface area contributed by atoms with E-state index in [1.54, 1.807) is 24.3 Å². The van der Waals surface area contributed by atoms with E-state index in [4.69, 9.17) is 11.6 Å². The number of aliphatic hydroxyl groups excluding tert-OH is 1. The number of nitrogens with one attached hydrogen (secondary N) is 1. The smallest absolute Gasteiger partial charge is 0.331 e. The zero-order valence-electron chi connectivity index (χ0n) is 16.4. The minimum absolute atomic E-state index is 0.00763. The van der Waals surface area contributed by atoms with Crippen molar-refractivity contribution < 1.29 is 14.3 Å². The van der Waals surface area contributed by atoms with Gasteiger partial charge in [0.25, 0.3) is 11.5 Å². The van der Waals surface area contributed by atoms with Crippen molar-refractivity contribution in [2.45, 2.75) is 19.2 Å². The monoisotopic (exact) mass is 451 g/mol. The summed E-state index contributed by atoms with van der Waals surface area (Å²) < 4.78 is 14.1. The second-order valence-corrected chi connectivity index (χ2v) is 7.03. The van der Waals surface area contributed by atoms with Crippen LogP contribution in [0.25, 0.3) is 0 Å². The molecule has 2 aromatic heterocycles. The van der Waals surface area contributed by atoms with Crippen molar-refractivity contribution in [1.82, 2.24) is 34.7 Å². The van der Waals surface area contributed by atoms with E-state index in [-0.39, 0.29) is 31.0 Å². The van der Waals surface area contributed by atoms with Crippen LogP contribution in [-0.2, 0) is 20.1 Å². The van der Waals surface area contributed by atoms with Crippen LogP contribution in [0.1, 0.15) is 27.8 Å². The molecule has 0 saturated heterocycles. The Kier molecular flexibility index (Phi) is 6.92. The van der Waals surface area contributed by atoms with E-state index in [0.29, 0.717) is 10.6 Å². The third-order valence-electron chi connectivity index (χ3n) is 4.37. The van der Waals surface area contributed by atoms with Crippen molar-refractivity contribution in [2.75, 3.05) is 13.2 Å². The van der Waals surface area contributed by atoms with Crippen LogP contribution in [0.5, 0.6) is 0 Å². The highest BCUT2D eigenvalue weighted by molar-refractivity contribution is 6.30. The summed E-state index contributed by atoms with van der Waals surface area (Å²) in [6.07, 6.45) is 0.159.